The third-order valence-corrected chi connectivity index (χ3v) is 3.13. The summed E-state index contributed by atoms with van der Waals surface area (Å²) in [6.45, 7) is 0.937. The summed E-state index contributed by atoms with van der Waals surface area (Å²) in [4.78, 5) is 24.0. The predicted octanol–water partition coefficient (Wildman–Crippen LogP) is 1.42. The van der Waals surface area contributed by atoms with Gasteiger partial charge in [0, 0.05) is 30.2 Å². The van der Waals surface area contributed by atoms with E-state index in [9.17, 15) is 14.9 Å². The van der Waals surface area contributed by atoms with Crippen LogP contribution in [0.1, 0.15) is 16.8 Å². The standard InChI is InChI=1S/C11H12ClN3O3/c12-7-1-2-10(15(17)18)9(5-7)11(16)14-4-3-8(13)6-14/h1-2,5,8H,3-4,6,13H2/t8-/m1/s1. The minimum Gasteiger partial charge on any atom is -0.337 e. The van der Waals surface area contributed by atoms with Crippen molar-refractivity contribution in [1.82, 2.24) is 4.90 Å². The van der Waals surface area contributed by atoms with Gasteiger partial charge in [0.05, 0.1) is 4.92 Å². The first-order valence-corrected chi connectivity index (χ1v) is 5.85. The Morgan fingerprint density at radius 2 is 2.28 bits per heavy atom. The Bertz CT molecular complexity index is 506. The highest BCUT2D eigenvalue weighted by Gasteiger charge is 2.29. The molecular formula is C11H12ClN3O3. The van der Waals surface area contributed by atoms with Crippen LogP contribution in [-0.4, -0.2) is 34.9 Å². The molecule has 0 aliphatic carbocycles. The molecule has 1 amide bonds. The molecule has 0 unspecified atom stereocenters. The van der Waals surface area contributed by atoms with E-state index in [2.05, 4.69) is 0 Å². The smallest absolute Gasteiger partial charge is 0.282 e. The van der Waals surface area contributed by atoms with Crippen LogP contribution in [0.5, 0.6) is 0 Å². The van der Waals surface area contributed by atoms with Gasteiger partial charge in [-0.25, -0.2) is 0 Å². The molecule has 1 heterocycles. The minimum atomic E-state index is -0.584. The minimum absolute atomic E-state index is 0.0154. The van der Waals surface area contributed by atoms with Crippen molar-refractivity contribution < 1.29 is 9.72 Å². The first kappa shape index (κ1) is 12.8. The zero-order chi connectivity index (χ0) is 13.3. The van der Waals surface area contributed by atoms with Gasteiger partial charge in [0.25, 0.3) is 11.6 Å². The number of nitrogens with two attached hydrogens (primary N) is 1. The summed E-state index contributed by atoms with van der Waals surface area (Å²) in [5, 5.41) is 11.2. The van der Waals surface area contributed by atoms with Crippen LogP contribution in [0, 0.1) is 10.1 Å². The van der Waals surface area contributed by atoms with Gasteiger partial charge in [-0.2, -0.15) is 0 Å². The third-order valence-electron chi connectivity index (χ3n) is 2.90. The Morgan fingerprint density at radius 3 is 2.83 bits per heavy atom. The van der Waals surface area contributed by atoms with Crippen molar-refractivity contribution in [2.24, 2.45) is 5.73 Å². The van der Waals surface area contributed by atoms with E-state index in [0.29, 0.717) is 24.5 Å². The summed E-state index contributed by atoms with van der Waals surface area (Å²) in [5.41, 5.74) is 5.50. The normalized spacial score (nSPS) is 19.0. The molecule has 1 aromatic rings. The predicted molar refractivity (Wildman–Crippen MR) is 66.6 cm³/mol. The number of hydrogen-bond acceptors (Lipinski definition) is 4. The molecular weight excluding hydrogens is 258 g/mol. The number of carbonyl (C=O) groups excluding carboxylic acids is 1. The molecule has 1 fully saturated rings. The van der Waals surface area contributed by atoms with Crippen LogP contribution in [0.4, 0.5) is 5.69 Å². The summed E-state index contributed by atoms with van der Waals surface area (Å²) >= 11 is 5.78. The van der Waals surface area contributed by atoms with E-state index >= 15 is 0 Å². The van der Waals surface area contributed by atoms with Crippen molar-refractivity contribution in [3.63, 3.8) is 0 Å². The lowest BCUT2D eigenvalue weighted by Gasteiger charge is -2.15. The molecule has 0 bridgehead atoms. The number of halogens is 1. The molecule has 2 rings (SSSR count). The molecule has 1 aliphatic heterocycles. The summed E-state index contributed by atoms with van der Waals surface area (Å²) in [5.74, 6) is -0.392. The van der Waals surface area contributed by atoms with E-state index in [1.165, 1.54) is 23.1 Å². The molecule has 1 saturated heterocycles. The van der Waals surface area contributed by atoms with Crippen LogP contribution in [0.2, 0.25) is 5.02 Å². The Hall–Kier alpha value is -1.66. The molecule has 2 N–H and O–H groups in total. The van der Waals surface area contributed by atoms with Gasteiger partial charge in [0.15, 0.2) is 0 Å². The second kappa shape index (κ2) is 4.91. The number of benzene rings is 1. The van der Waals surface area contributed by atoms with Crippen LogP contribution in [-0.2, 0) is 0 Å². The number of carbonyl (C=O) groups is 1. The van der Waals surface area contributed by atoms with Crippen molar-refractivity contribution in [3.05, 3.63) is 38.9 Å². The Balaban J connectivity index is 2.34. The van der Waals surface area contributed by atoms with E-state index in [1.54, 1.807) is 0 Å². The van der Waals surface area contributed by atoms with Crippen LogP contribution in [0.15, 0.2) is 18.2 Å². The first-order chi connectivity index (χ1) is 8.49. The van der Waals surface area contributed by atoms with Crippen molar-refractivity contribution in [1.29, 1.82) is 0 Å². The van der Waals surface area contributed by atoms with Crippen LogP contribution in [0.25, 0.3) is 0 Å². The molecule has 1 aliphatic rings. The monoisotopic (exact) mass is 269 g/mol. The zero-order valence-corrected chi connectivity index (χ0v) is 10.3. The molecule has 1 atom stereocenters. The second-order valence-electron chi connectivity index (χ2n) is 4.22. The SMILES string of the molecule is N[C@@H]1CCN(C(=O)c2cc(Cl)ccc2[N+](=O)[O-])C1. The summed E-state index contributed by atoms with van der Waals surface area (Å²) in [6.07, 6.45) is 0.708. The molecule has 0 spiro atoms. The van der Waals surface area contributed by atoms with E-state index in [1.807, 2.05) is 0 Å². The van der Waals surface area contributed by atoms with Crippen LogP contribution >= 0.6 is 11.6 Å². The van der Waals surface area contributed by atoms with Gasteiger partial charge >= 0.3 is 0 Å². The lowest BCUT2D eigenvalue weighted by atomic mass is 10.1. The van der Waals surface area contributed by atoms with E-state index < -0.39 is 10.8 Å². The maximum Gasteiger partial charge on any atom is 0.282 e. The molecule has 6 nitrogen and oxygen atoms in total. The topological polar surface area (TPSA) is 89.5 Å². The number of nitro groups is 1. The van der Waals surface area contributed by atoms with Crippen molar-refractivity contribution in [2.75, 3.05) is 13.1 Å². The summed E-state index contributed by atoms with van der Waals surface area (Å²) < 4.78 is 0. The summed E-state index contributed by atoms with van der Waals surface area (Å²) in [6, 6.07) is 3.90. The molecule has 0 aromatic heterocycles. The molecule has 18 heavy (non-hydrogen) atoms. The van der Waals surface area contributed by atoms with Gasteiger partial charge in [-0.15, -0.1) is 0 Å². The lowest BCUT2D eigenvalue weighted by Crippen LogP contribution is -2.32. The van der Waals surface area contributed by atoms with Crippen molar-refractivity contribution >= 4 is 23.2 Å². The fourth-order valence-electron chi connectivity index (χ4n) is 1.98. The quantitative estimate of drug-likeness (QED) is 0.649. The average molecular weight is 270 g/mol. The lowest BCUT2D eigenvalue weighted by molar-refractivity contribution is -0.385. The van der Waals surface area contributed by atoms with Gasteiger partial charge < -0.3 is 10.6 Å². The van der Waals surface area contributed by atoms with Crippen LogP contribution in [0.3, 0.4) is 0 Å². The largest absolute Gasteiger partial charge is 0.337 e. The number of nitro benzene ring substituents is 1. The van der Waals surface area contributed by atoms with Gasteiger partial charge in [0.2, 0.25) is 0 Å². The molecule has 96 valence electrons. The highest BCUT2D eigenvalue weighted by molar-refractivity contribution is 6.31. The number of hydrogen-bond donors (Lipinski definition) is 1. The molecule has 0 radical (unpaired) electrons. The maximum atomic E-state index is 12.2. The highest BCUT2D eigenvalue weighted by Crippen LogP contribution is 2.25. The fraction of sp³-hybridized carbons (Fsp3) is 0.364. The molecule has 0 saturated carbocycles. The average Bonchev–Trinajstić information content (AvgIpc) is 2.74. The maximum absolute atomic E-state index is 12.2. The van der Waals surface area contributed by atoms with Gasteiger partial charge in [-0.1, -0.05) is 11.6 Å². The second-order valence-corrected chi connectivity index (χ2v) is 4.65. The Kier molecular flexibility index (Phi) is 3.49. The van der Waals surface area contributed by atoms with Gasteiger partial charge in [-0.3, -0.25) is 14.9 Å². The Morgan fingerprint density at radius 1 is 1.56 bits per heavy atom. The van der Waals surface area contributed by atoms with E-state index in [4.69, 9.17) is 17.3 Å². The van der Waals surface area contributed by atoms with E-state index in [-0.39, 0.29) is 17.3 Å². The van der Waals surface area contributed by atoms with Crippen LogP contribution < -0.4 is 5.73 Å². The van der Waals surface area contributed by atoms with Gasteiger partial charge in [0.1, 0.15) is 5.56 Å². The number of likely N-dealkylation sites (tertiary alicyclic amines) is 1. The number of amides is 1. The van der Waals surface area contributed by atoms with Crippen molar-refractivity contribution in [3.8, 4) is 0 Å². The van der Waals surface area contributed by atoms with E-state index in [0.717, 1.165) is 0 Å². The molecule has 1 aromatic carbocycles. The van der Waals surface area contributed by atoms with Gasteiger partial charge in [-0.05, 0) is 18.6 Å². The van der Waals surface area contributed by atoms with Crippen molar-refractivity contribution in [2.45, 2.75) is 12.5 Å². The summed E-state index contributed by atoms with van der Waals surface area (Å²) in [7, 11) is 0. The zero-order valence-electron chi connectivity index (χ0n) is 9.51. The highest BCUT2D eigenvalue weighted by atomic mass is 35.5. The number of rotatable bonds is 2. The fourth-order valence-corrected chi connectivity index (χ4v) is 2.15. The third kappa shape index (κ3) is 2.44. The Labute approximate surface area is 108 Å². The molecule has 7 heteroatoms. The first-order valence-electron chi connectivity index (χ1n) is 5.48. The number of nitrogens with zero attached hydrogens (tertiary/aromatic N) is 2.